The van der Waals surface area contributed by atoms with Crippen LogP contribution in [0, 0.1) is 0 Å². The third-order valence-electron chi connectivity index (χ3n) is 6.51. The lowest BCUT2D eigenvalue weighted by Gasteiger charge is -2.34. The molecule has 184 valence electrons. The minimum absolute atomic E-state index is 0.0402. The number of nitrogens with zero attached hydrogens (tertiary/aromatic N) is 7. The molecule has 0 aliphatic carbocycles. The van der Waals surface area contributed by atoms with Gasteiger partial charge in [0.2, 0.25) is 5.91 Å². The summed E-state index contributed by atoms with van der Waals surface area (Å²) in [4.78, 5) is 40.4. The van der Waals surface area contributed by atoms with Crippen molar-refractivity contribution >= 4 is 22.8 Å². The lowest BCUT2D eigenvalue weighted by molar-refractivity contribution is -0.130. The summed E-state index contributed by atoms with van der Waals surface area (Å²) in [5.41, 5.74) is 4.00. The second kappa shape index (κ2) is 10.2. The van der Waals surface area contributed by atoms with E-state index in [1.165, 1.54) is 0 Å². The second-order valence-corrected chi connectivity index (χ2v) is 9.17. The zero-order chi connectivity index (χ0) is 25.1. The van der Waals surface area contributed by atoms with Gasteiger partial charge in [0.05, 0.1) is 35.9 Å². The monoisotopic (exact) mass is 483 g/mol. The van der Waals surface area contributed by atoms with Crippen LogP contribution in [-0.2, 0) is 11.3 Å². The Morgan fingerprint density at radius 3 is 2.39 bits per heavy atom. The van der Waals surface area contributed by atoms with E-state index in [-0.39, 0.29) is 11.8 Å². The fraction of sp³-hybridized carbons (Fsp3) is 0.296. The number of hydrogen-bond acceptors (Lipinski definition) is 6. The van der Waals surface area contributed by atoms with Crippen LogP contribution in [0.4, 0.5) is 0 Å². The Morgan fingerprint density at radius 1 is 0.972 bits per heavy atom. The maximum absolute atomic E-state index is 13.8. The van der Waals surface area contributed by atoms with Crippen LogP contribution in [-0.4, -0.2) is 93.1 Å². The molecule has 0 spiro atoms. The third kappa shape index (κ3) is 4.96. The minimum atomic E-state index is -0.0402. The summed E-state index contributed by atoms with van der Waals surface area (Å²) in [6.45, 7) is 3.35. The van der Waals surface area contributed by atoms with Crippen molar-refractivity contribution in [2.24, 2.45) is 0 Å². The Morgan fingerprint density at radius 2 is 1.69 bits per heavy atom. The molecule has 5 rings (SSSR count). The molecule has 0 saturated carbocycles. The van der Waals surface area contributed by atoms with Gasteiger partial charge < -0.3 is 9.80 Å². The first-order chi connectivity index (χ1) is 17.5. The zero-order valence-corrected chi connectivity index (χ0v) is 20.5. The molecule has 1 aliphatic rings. The van der Waals surface area contributed by atoms with E-state index in [9.17, 15) is 9.59 Å². The van der Waals surface area contributed by atoms with E-state index in [1.54, 1.807) is 37.6 Å². The topological polar surface area (TPSA) is 87.5 Å². The molecule has 0 N–H and O–H groups in total. The number of piperazine rings is 1. The molecule has 4 aromatic rings. The highest BCUT2D eigenvalue weighted by Crippen LogP contribution is 2.26. The number of carbonyl (C=O) groups excluding carboxylic acids is 2. The summed E-state index contributed by atoms with van der Waals surface area (Å²) >= 11 is 0. The van der Waals surface area contributed by atoms with Crippen LogP contribution < -0.4 is 0 Å². The summed E-state index contributed by atoms with van der Waals surface area (Å²) in [5.74, 6) is 0.0290. The van der Waals surface area contributed by atoms with Crippen LogP contribution in [0.3, 0.4) is 0 Å². The Labute approximate surface area is 210 Å². The average Bonchev–Trinajstić information content (AvgIpc) is 3.31. The van der Waals surface area contributed by atoms with Gasteiger partial charge in [0.25, 0.3) is 5.91 Å². The molecule has 0 radical (unpaired) electrons. The zero-order valence-electron chi connectivity index (χ0n) is 20.5. The van der Waals surface area contributed by atoms with E-state index in [0.29, 0.717) is 50.5 Å². The van der Waals surface area contributed by atoms with Gasteiger partial charge >= 0.3 is 0 Å². The molecule has 0 bridgehead atoms. The Bertz CT molecular complexity index is 1360. The predicted molar refractivity (Wildman–Crippen MR) is 137 cm³/mol. The first kappa shape index (κ1) is 23.6. The van der Waals surface area contributed by atoms with Gasteiger partial charge in [0.15, 0.2) is 5.65 Å². The summed E-state index contributed by atoms with van der Waals surface area (Å²) in [5, 5.41) is 5.32. The largest absolute Gasteiger partial charge is 0.348 e. The molecule has 0 atom stereocenters. The number of amides is 2. The molecular weight excluding hydrogens is 454 g/mol. The van der Waals surface area contributed by atoms with Crippen molar-refractivity contribution < 1.29 is 9.59 Å². The standard InChI is InChI=1S/C27H29N7O2/c1-31(2)25(35)19-32-12-14-33(15-13-32)27(36)22-16-24(21-6-4-3-5-7-21)30-26-23(22)17-29-34(26)18-20-8-10-28-11-9-20/h3-11,16-17H,12-15,18-19H2,1-2H3. The van der Waals surface area contributed by atoms with Crippen LogP contribution in [0.5, 0.6) is 0 Å². The lowest BCUT2D eigenvalue weighted by Crippen LogP contribution is -2.51. The number of hydrogen-bond donors (Lipinski definition) is 0. The molecule has 9 nitrogen and oxygen atoms in total. The Hall–Kier alpha value is -4.11. The van der Waals surface area contributed by atoms with Gasteiger partial charge in [0, 0.05) is 58.2 Å². The molecule has 1 saturated heterocycles. The van der Waals surface area contributed by atoms with Crippen molar-refractivity contribution in [3.63, 3.8) is 0 Å². The summed E-state index contributed by atoms with van der Waals surface area (Å²) in [6, 6.07) is 15.6. The maximum atomic E-state index is 13.8. The van der Waals surface area contributed by atoms with Gasteiger partial charge in [-0.3, -0.25) is 19.5 Å². The third-order valence-corrected chi connectivity index (χ3v) is 6.51. The van der Waals surface area contributed by atoms with E-state index >= 15 is 0 Å². The Kier molecular flexibility index (Phi) is 6.73. The molecule has 2 amide bonds. The number of fused-ring (bicyclic) bond motifs is 1. The maximum Gasteiger partial charge on any atom is 0.254 e. The molecule has 9 heteroatoms. The van der Waals surface area contributed by atoms with Crippen LogP contribution in [0.1, 0.15) is 15.9 Å². The number of aromatic nitrogens is 4. The number of rotatable bonds is 6. The van der Waals surface area contributed by atoms with Crippen LogP contribution in [0.15, 0.2) is 67.1 Å². The van der Waals surface area contributed by atoms with Gasteiger partial charge in [-0.25, -0.2) is 9.67 Å². The highest BCUT2D eigenvalue weighted by atomic mass is 16.2. The molecule has 0 unspecified atom stereocenters. The summed E-state index contributed by atoms with van der Waals surface area (Å²) in [7, 11) is 3.52. The van der Waals surface area contributed by atoms with Gasteiger partial charge in [-0.1, -0.05) is 30.3 Å². The van der Waals surface area contributed by atoms with E-state index in [1.807, 2.05) is 58.1 Å². The summed E-state index contributed by atoms with van der Waals surface area (Å²) in [6.07, 6.45) is 5.24. The molecule has 4 heterocycles. The smallest absolute Gasteiger partial charge is 0.254 e. The average molecular weight is 484 g/mol. The molecule has 36 heavy (non-hydrogen) atoms. The van der Waals surface area contributed by atoms with E-state index in [0.717, 1.165) is 22.2 Å². The van der Waals surface area contributed by atoms with E-state index < -0.39 is 0 Å². The molecule has 1 aromatic carbocycles. The second-order valence-electron chi connectivity index (χ2n) is 9.17. The number of pyridine rings is 2. The van der Waals surface area contributed by atoms with Crippen molar-refractivity contribution in [2.75, 3.05) is 46.8 Å². The minimum Gasteiger partial charge on any atom is -0.348 e. The highest BCUT2D eigenvalue weighted by Gasteiger charge is 2.26. The summed E-state index contributed by atoms with van der Waals surface area (Å²) < 4.78 is 1.83. The SMILES string of the molecule is CN(C)C(=O)CN1CCN(C(=O)c2cc(-c3ccccc3)nc3c2cnn3Cc2ccncc2)CC1. The fourth-order valence-corrected chi connectivity index (χ4v) is 4.37. The van der Waals surface area contributed by atoms with Crippen molar-refractivity contribution in [2.45, 2.75) is 6.54 Å². The predicted octanol–water partition coefficient (Wildman–Crippen LogP) is 2.39. The van der Waals surface area contributed by atoms with Crippen molar-refractivity contribution in [3.05, 3.63) is 78.2 Å². The van der Waals surface area contributed by atoms with Gasteiger partial charge in [0.1, 0.15) is 0 Å². The molecule has 3 aromatic heterocycles. The quantitative estimate of drug-likeness (QED) is 0.419. The van der Waals surface area contributed by atoms with Crippen LogP contribution >= 0.6 is 0 Å². The first-order valence-electron chi connectivity index (χ1n) is 12.0. The fourth-order valence-electron chi connectivity index (χ4n) is 4.37. The van der Waals surface area contributed by atoms with Crippen LogP contribution in [0.25, 0.3) is 22.3 Å². The van der Waals surface area contributed by atoms with E-state index in [4.69, 9.17) is 4.98 Å². The molecular formula is C27H29N7O2. The normalized spacial score (nSPS) is 14.2. The van der Waals surface area contributed by atoms with Gasteiger partial charge in [-0.2, -0.15) is 5.10 Å². The van der Waals surface area contributed by atoms with Crippen molar-refractivity contribution in [1.29, 1.82) is 0 Å². The van der Waals surface area contributed by atoms with Gasteiger partial charge in [-0.15, -0.1) is 0 Å². The van der Waals surface area contributed by atoms with Crippen molar-refractivity contribution in [3.8, 4) is 11.3 Å². The van der Waals surface area contributed by atoms with Crippen LogP contribution in [0.2, 0.25) is 0 Å². The van der Waals surface area contributed by atoms with E-state index in [2.05, 4.69) is 15.0 Å². The highest BCUT2D eigenvalue weighted by molar-refractivity contribution is 6.06. The number of likely N-dealkylation sites (N-methyl/N-ethyl adjacent to an activating group) is 1. The lowest BCUT2D eigenvalue weighted by atomic mass is 10.1. The first-order valence-corrected chi connectivity index (χ1v) is 12.0. The van der Waals surface area contributed by atoms with Crippen molar-refractivity contribution in [1.82, 2.24) is 34.4 Å². The molecule has 1 fully saturated rings. The number of benzene rings is 1. The Balaban J connectivity index is 1.46. The van der Waals surface area contributed by atoms with Gasteiger partial charge in [-0.05, 0) is 23.8 Å². The number of carbonyl (C=O) groups is 2. The molecule has 1 aliphatic heterocycles.